The molecule has 1 aromatic heterocycles. The third-order valence-corrected chi connectivity index (χ3v) is 3.34. The van der Waals surface area contributed by atoms with Crippen LogP contribution in [0, 0.1) is 6.92 Å². The number of hydrogen-bond donors (Lipinski definition) is 1. The van der Waals surface area contributed by atoms with Gasteiger partial charge in [0, 0.05) is 25.4 Å². The highest BCUT2D eigenvalue weighted by atomic mass is 15.2. The van der Waals surface area contributed by atoms with Gasteiger partial charge in [0.25, 0.3) is 0 Å². The maximum Gasteiger partial charge on any atom is 0.0638 e. The topological polar surface area (TPSA) is 29.9 Å². The van der Waals surface area contributed by atoms with Crippen molar-refractivity contribution in [2.45, 2.75) is 32.7 Å². The van der Waals surface area contributed by atoms with E-state index in [1.54, 1.807) is 0 Å². The molecule has 102 valence electrons. The predicted molar refractivity (Wildman–Crippen MR) is 79.0 cm³/mol. The van der Waals surface area contributed by atoms with Crippen LogP contribution in [0.5, 0.6) is 0 Å². The lowest BCUT2D eigenvalue weighted by atomic mass is 10.1. The van der Waals surface area contributed by atoms with Crippen LogP contribution in [0.15, 0.2) is 36.5 Å². The Kier molecular flexibility index (Phi) is 5.16. The maximum absolute atomic E-state index is 4.34. The quantitative estimate of drug-likeness (QED) is 0.773. The maximum atomic E-state index is 4.34. The lowest BCUT2D eigenvalue weighted by molar-refractivity contribution is 0.621. The van der Waals surface area contributed by atoms with Gasteiger partial charge in [-0.1, -0.05) is 30.3 Å². The number of nitrogens with one attached hydrogen (secondary N) is 1. The number of aromatic nitrogens is 2. The van der Waals surface area contributed by atoms with E-state index in [1.807, 2.05) is 11.7 Å². The molecule has 2 rings (SSSR count). The summed E-state index contributed by atoms with van der Waals surface area (Å²) in [5.41, 5.74) is 3.86. The van der Waals surface area contributed by atoms with Crippen molar-refractivity contribution >= 4 is 0 Å². The standard InChI is InChI=1S/C16H23N3/c1-14-16(13-19(2)18-14)12-17-11-7-6-10-15-8-4-3-5-9-15/h3-5,8-9,13,17H,6-7,10-12H2,1-2H3. The van der Waals surface area contributed by atoms with Gasteiger partial charge in [0.2, 0.25) is 0 Å². The van der Waals surface area contributed by atoms with Crippen LogP contribution in [0.4, 0.5) is 0 Å². The van der Waals surface area contributed by atoms with Gasteiger partial charge in [-0.15, -0.1) is 0 Å². The van der Waals surface area contributed by atoms with Gasteiger partial charge in [-0.25, -0.2) is 0 Å². The number of unbranched alkanes of at least 4 members (excludes halogenated alkanes) is 1. The minimum Gasteiger partial charge on any atom is -0.313 e. The molecule has 3 nitrogen and oxygen atoms in total. The summed E-state index contributed by atoms with van der Waals surface area (Å²) in [5.74, 6) is 0. The monoisotopic (exact) mass is 257 g/mol. The van der Waals surface area contributed by atoms with Gasteiger partial charge in [-0.05, 0) is 38.3 Å². The van der Waals surface area contributed by atoms with Crippen molar-refractivity contribution in [1.82, 2.24) is 15.1 Å². The number of nitrogens with zero attached hydrogens (tertiary/aromatic N) is 2. The van der Waals surface area contributed by atoms with Crippen molar-refractivity contribution in [2.75, 3.05) is 6.54 Å². The number of hydrogen-bond acceptors (Lipinski definition) is 2. The summed E-state index contributed by atoms with van der Waals surface area (Å²) in [4.78, 5) is 0. The minimum atomic E-state index is 0.922. The molecule has 2 aromatic rings. The Bertz CT molecular complexity index is 488. The molecule has 0 atom stereocenters. The Balaban J connectivity index is 1.59. The first-order valence-corrected chi connectivity index (χ1v) is 6.99. The molecule has 0 spiro atoms. The average molecular weight is 257 g/mol. The highest BCUT2D eigenvalue weighted by Crippen LogP contribution is 2.05. The van der Waals surface area contributed by atoms with Gasteiger partial charge in [0.05, 0.1) is 5.69 Å². The second kappa shape index (κ2) is 7.10. The van der Waals surface area contributed by atoms with Crippen LogP contribution < -0.4 is 5.32 Å². The molecule has 0 unspecified atom stereocenters. The van der Waals surface area contributed by atoms with Gasteiger partial charge < -0.3 is 5.32 Å². The fraction of sp³-hybridized carbons (Fsp3) is 0.438. The molecule has 3 heteroatoms. The van der Waals surface area contributed by atoms with E-state index in [1.165, 1.54) is 30.4 Å². The molecule has 0 saturated carbocycles. The molecule has 0 amide bonds. The molecule has 0 bridgehead atoms. The molecule has 0 aliphatic carbocycles. The summed E-state index contributed by atoms with van der Waals surface area (Å²) in [6.07, 6.45) is 5.72. The minimum absolute atomic E-state index is 0.922. The van der Waals surface area contributed by atoms with Gasteiger partial charge in [-0.3, -0.25) is 4.68 Å². The SMILES string of the molecule is Cc1nn(C)cc1CNCCCCc1ccccc1. The third kappa shape index (κ3) is 4.52. The van der Waals surface area contributed by atoms with Crippen molar-refractivity contribution in [3.8, 4) is 0 Å². The largest absolute Gasteiger partial charge is 0.313 e. The van der Waals surface area contributed by atoms with Crippen LogP contribution in [0.3, 0.4) is 0 Å². The van der Waals surface area contributed by atoms with Gasteiger partial charge >= 0.3 is 0 Å². The Morgan fingerprint density at radius 2 is 1.95 bits per heavy atom. The molecule has 1 aromatic carbocycles. The van der Waals surface area contributed by atoms with E-state index >= 15 is 0 Å². The zero-order valence-electron chi connectivity index (χ0n) is 11.9. The van der Waals surface area contributed by atoms with Crippen molar-refractivity contribution in [3.63, 3.8) is 0 Å². The van der Waals surface area contributed by atoms with E-state index in [0.717, 1.165) is 18.8 Å². The first-order valence-electron chi connectivity index (χ1n) is 6.99. The highest BCUT2D eigenvalue weighted by molar-refractivity contribution is 5.15. The normalized spacial score (nSPS) is 10.8. The van der Waals surface area contributed by atoms with Crippen molar-refractivity contribution in [2.24, 2.45) is 7.05 Å². The van der Waals surface area contributed by atoms with Crippen molar-refractivity contribution < 1.29 is 0 Å². The second-order valence-corrected chi connectivity index (χ2v) is 5.03. The molecular formula is C16H23N3. The summed E-state index contributed by atoms with van der Waals surface area (Å²) in [6, 6.07) is 10.7. The number of benzene rings is 1. The number of aryl methyl sites for hydroxylation is 3. The average Bonchev–Trinajstić information content (AvgIpc) is 2.73. The predicted octanol–water partition coefficient (Wildman–Crippen LogP) is 2.84. The third-order valence-electron chi connectivity index (χ3n) is 3.34. The summed E-state index contributed by atoms with van der Waals surface area (Å²) >= 11 is 0. The highest BCUT2D eigenvalue weighted by Gasteiger charge is 2.01. The van der Waals surface area contributed by atoms with E-state index in [0.29, 0.717) is 0 Å². The first kappa shape index (κ1) is 13.8. The van der Waals surface area contributed by atoms with E-state index < -0.39 is 0 Å². The molecule has 19 heavy (non-hydrogen) atoms. The smallest absolute Gasteiger partial charge is 0.0638 e. The van der Waals surface area contributed by atoms with Crippen molar-refractivity contribution in [3.05, 3.63) is 53.3 Å². The molecular weight excluding hydrogens is 234 g/mol. The molecule has 0 aliphatic heterocycles. The Labute approximate surface area is 115 Å². The Hall–Kier alpha value is -1.61. The van der Waals surface area contributed by atoms with Crippen molar-refractivity contribution in [1.29, 1.82) is 0 Å². The molecule has 0 radical (unpaired) electrons. The van der Waals surface area contributed by atoms with Gasteiger partial charge in [0.15, 0.2) is 0 Å². The van der Waals surface area contributed by atoms with Gasteiger partial charge in [0.1, 0.15) is 0 Å². The van der Waals surface area contributed by atoms with Crippen LogP contribution >= 0.6 is 0 Å². The Morgan fingerprint density at radius 1 is 1.16 bits per heavy atom. The van der Waals surface area contributed by atoms with Crippen LogP contribution in [-0.2, 0) is 20.0 Å². The molecule has 0 fully saturated rings. The fourth-order valence-corrected chi connectivity index (χ4v) is 2.27. The lowest BCUT2D eigenvalue weighted by Gasteiger charge is -2.04. The van der Waals surface area contributed by atoms with Gasteiger partial charge in [-0.2, -0.15) is 5.10 Å². The van der Waals surface area contributed by atoms with E-state index in [4.69, 9.17) is 0 Å². The molecule has 0 aliphatic rings. The number of rotatable bonds is 7. The first-order chi connectivity index (χ1) is 9.25. The zero-order chi connectivity index (χ0) is 13.5. The molecule has 0 saturated heterocycles. The summed E-state index contributed by atoms with van der Waals surface area (Å²) in [6.45, 7) is 4.05. The fourth-order valence-electron chi connectivity index (χ4n) is 2.27. The Morgan fingerprint density at radius 3 is 2.63 bits per heavy atom. The van der Waals surface area contributed by atoms with Crippen LogP contribution in [0.25, 0.3) is 0 Å². The summed E-state index contributed by atoms with van der Waals surface area (Å²) in [5, 5.41) is 7.83. The lowest BCUT2D eigenvalue weighted by Crippen LogP contribution is -2.15. The molecule has 1 N–H and O–H groups in total. The summed E-state index contributed by atoms with van der Waals surface area (Å²) < 4.78 is 1.88. The van der Waals surface area contributed by atoms with Crippen LogP contribution in [0.1, 0.15) is 29.7 Å². The zero-order valence-corrected chi connectivity index (χ0v) is 11.9. The second-order valence-electron chi connectivity index (χ2n) is 5.03. The summed E-state index contributed by atoms with van der Waals surface area (Å²) in [7, 11) is 1.97. The van der Waals surface area contributed by atoms with E-state index in [-0.39, 0.29) is 0 Å². The van der Waals surface area contributed by atoms with Crippen LogP contribution in [-0.4, -0.2) is 16.3 Å². The van der Waals surface area contributed by atoms with E-state index in [2.05, 4.69) is 53.9 Å². The van der Waals surface area contributed by atoms with Crippen LogP contribution in [0.2, 0.25) is 0 Å². The molecule has 1 heterocycles. The van der Waals surface area contributed by atoms with E-state index in [9.17, 15) is 0 Å².